The highest BCUT2D eigenvalue weighted by Crippen LogP contribution is 2.35. The van der Waals surface area contributed by atoms with Crippen LogP contribution in [0.15, 0.2) is 36.4 Å². The van der Waals surface area contributed by atoms with Crippen LogP contribution in [0.5, 0.6) is 0 Å². The summed E-state index contributed by atoms with van der Waals surface area (Å²) in [5.74, 6) is 0.676. The van der Waals surface area contributed by atoms with Gasteiger partial charge >= 0.3 is 0 Å². The zero-order chi connectivity index (χ0) is 15.5. The quantitative estimate of drug-likeness (QED) is 0.927. The molecule has 0 aliphatic carbocycles. The average Bonchev–Trinajstić information content (AvgIpc) is 2.44. The number of nitrogens with zero attached hydrogens (tertiary/aromatic N) is 3. The lowest BCUT2D eigenvalue weighted by atomic mass is 9.82. The molecule has 2 aromatic rings. The highest BCUT2D eigenvalue weighted by atomic mass is 15.2. The first kappa shape index (κ1) is 15.0. The minimum Gasteiger partial charge on any atom is -0.361 e. The highest BCUT2D eigenvalue weighted by molar-refractivity contribution is 5.40. The van der Waals surface area contributed by atoms with Gasteiger partial charge < -0.3 is 5.32 Å². The third-order valence-corrected chi connectivity index (χ3v) is 3.31. The molecule has 1 atom stereocenters. The predicted octanol–water partition coefficient (Wildman–Crippen LogP) is 3.86. The number of nitriles is 1. The van der Waals surface area contributed by atoms with Crippen molar-refractivity contribution in [2.45, 2.75) is 33.7 Å². The van der Waals surface area contributed by atoms with E-state index in [1.807, 2.05) is 6.07 Å². The van der Waals surface area contributed by atoms with Crippen LogP contribution < -0.4 is 5.32 Å². The summed E-state index contributed by atoms with van der Waals surface area (Å²) in [7, 11) is 0. The summed E-state index contributed by atoms with van der Waals surface area (Å²) in [6.07, 6.45) is 0. The molecule has 1 N–H and O–H groups in total. The van der Waals surface area contributed by atoms with E-state index in [0.717, 1.165) is 0 Å². The fraction of sp³-hybridized carbons (Fsp3) is 0.353. The van der Waals surface area contributed by atoms with Crippen molar-refractivity contribution >= 4 is 5.82 Å². The normalized spacial score (nSPS) is 12.5. The van der Waals surface area contributed by atoms with Gasteiger partial charge in [-0.3, -0.25) is 0 Å². The van der Waals surface area contributed by atoms with Crippen LogP contribution in [0.1, 0.15) is 43.6 Å². The molecule has 0 saturated carbocycles. The van der Waals surface area contributed by atoms with E-state index in [9.17, 15) is 0 Å². The average molecular weight is 280 g/mol. The number of hydrogen-bond donors (Lipinski definition) is 1. The van der Waals surface area contributed by atoms with Crippen molar-refractivity contribution in [1.82, 2.24) is 10.2 Å². The minimum absolute atomic E-state index is 0.0172. The van der Waals surface area contributed by atoms with E-state index in [0.29, 0.717) is 11.5 Å². The summed E-state index contributed by atoms with van der Waals surface area (Å²) >= 11 is 0. The lowest BCUT2D eigenvalue weighted by Crippen LogP contribution is -2.26. The smallest absolute Gasteiger partial charge is 0.163 e. The molecule has 108 valence electrons. The van der Waals surface area contributed by atoms with Crippen molar-refractivity contribution in [2.24, 2.45) is 5.41 Å². The van der Waals surface area contributed by atoms with Gasteiger partial charge in [0.1, 0.15) is 11.9 Å². The van der Waals surface area contributed by atoms with Crippen molar-refractivity contribution in [3.05, 3.63) is 53.2 Å². The van der Waals surface area contributed by atoms with Gasteiger partial charge in [0.05, 0.1) is 6.04 Å². The van der Waals surface area contributed by atoms with Gasteiger partial charge in [-0.05, 0) is 30.0 Å². The Kier molecular flexibility index (Phi) is 4.23. The molecule has 1 aromatic heterocycles. The van der Waals surface area contributed by atoms with E-state index in [2.05, 4.69) is 67.5 Å². The van der Waals surface area contributed by atoms with Crippen LogP contribution in [0.2, 0.25) is 0 Å². The zero-order valence-electron chi connectivity index (χ0n) is 12.9. The van der Waals surface area contributed by atoms with Crippen LogP contribution in [-0.4, -0.2) is 10.2 Å². The Morgan fingerprint density at radius 1 is 1.14 bits per heavy atom. The molecule has 0 amide bonds. The molecule has 0 saturated heterocycles. The molecule has 0 bridgehead atoms. The first-order valence-corrected chi connectivity index (χ1v) is 6.97. The molecule has 0 aliphatic heterocycles. The van der Waals surface area contributed by atoms with E-state index in [1.165, 1.54) is 11.1 Å². The lowest BCUT2D eigenvalue weighted by Gasteiger charge is -2.32. The summed E-state index contributed by atoms with van der Waals surface area (Å²) < 4.78 is 0. The van der Waals surface area contributed by atoms with Crippen LogP contribution in [0.4, 0.5) is 5.82 Å². The number of rotatable bonds is 3. The van der Waals surface area contributed by atoms with Gasteiger partial charge in [0, 0.05) is 0 Å². The molecule has 1 heterocycles. The molecule has 4 heteroatoms. The molecule has 4 nitrogen and oxygen atoms in total. The standard InChI is InChI=1S/C17H20N4/c1-12-6-5-7-13(10-12)16(17(2,3)4)19-15-9-8-14(11-18)20-21-15/h5-10,16H,1-4H3,(H,19,21). The maximum absolute atomic E-state index is 8.78. The minimum atomic E-state index is 0.0172. The van der Waals surface area contributed by atoms with Gasteiger partial charge in [-0.25, -0.2) is 0 Å². The number of aryl methyl sites for hydroxylation is 1. The predicted molar refractivity (Wildman–Crippen MR) is 83.7 cm³/mol. The van der Waals surface area contributed by atoms with Gasteiger partial charge in [-0.2, -0.15) is 5.26 Å². The monoisotopic (exact) mass is 280 g/mol. The first-order valence-electron chi connectivity index (χ1n) is 6.97. The molecule has 1 aromatic carbocycles. The van der Waals surface area contributed by atoms with Gasteiger partial charge in [0.2, 0.25) is 0 Å². The third-order valence-electron chi connectivity index (χ3n) is 3.31. The second-order valence-electron chi connectivity index (χ2n) is 6.27. The Labute approximate surface area is 125 Å². The van der Waals surface area contributed by atoms with E-state index in [-0.39, 0.29) is 11.5 Å². The van der Waals surface area contributed by atoms with E-state index < -0.39 is 0 Å². The number of hydrogen-bond acceptors (Lipinski definition) is 4. The number of benzene rings is 1. The largest absolute Gasteiger partial charge is 0.361 e. The van der Waals surface area contributed by atoms with Crippen molar-refractivity contribution in [3.8, 4) is 6.07 Å². The molecule has 2 rings (SSSR count). The lowest BCUT2D eigenvalue weighted by molar-refractivity contribution is 0.346. The topological polar surface area (TPSA) is 61.6 Å². The van der Waals surface area contributed by atoms with E-state index in [1.54, 1.807) is 12.1 Å². The fourth-order valence-corrected chi connectivity index (χ4v) is 2.27. The number of nitrogens with one attached hydrogen (secondary N) is 1. The van der Waals surface area contributed by atoms with Crippen LogP contribution in [0.3, 0.4) is 0 Å². The molecular weight excluding hydrogens is 260 g/mol. The Hall–Kier alpha value is -2.41. The summed E-state index contributed by atoms with van der Waals surface area (Å²) in [5.41, 5.74) is 2.79. The van der Waals surface area contributed by atoms with Crippen molar-refractivity contribution in [2.75, 3.05) is 5.32 Å². The van der Waals surface area contributed by atoms with Crippen molar-refractivity contribution < 1.29 is 0 Å². The van der Waals surface area contributed by atoms with Crippen LogP contribution >= 0.6 is 0 Å². The zero-order valence-corrected chi connectivity index (χ0v) is 12.9. The molecule has 1 unspecified atom stereocenters. The summed E-state index contributed by atoms with van der Waals surface area (Å²) in [6, 6.07) is 14.0. The molecule has 0 fully saturated rings. The Balaban J connectivity index is 2.31. The third kappa shape index (κ3) is 3.79. The number of aromatic nitrogens is 2. The highest BCUT2D eigenvalue weighted by Gasteiger charge is 2.26. The Bertz CT molecular complexity index is 648. The maximum Gasteiger partial charge on any atom is 0.163 e. The van der Waals surface area contributed by atoms with E-state index >= 15 is 0 Å². The van der Waals surface area contributed by atoms with Crippen molar-refractivity contribution in [1.29, 1.82) is 5.26 Å². The van der Waals surface area contributed by atoms with Gasteiger partial charge in [-0.1, -0.05) is 50.6 Å². The van der Waals surface area contributed by atoms with E-state index in [4.69, 9.17) is 5.26 Å². The first-order chi connectivity index (χ1) is 9.90. The van der Waals surface area contributed by atoms with Gasteiger partial charge in [-0.15, -0.1) is 10.2 Å². The second kappa shape index (κ2) is 5.92. The maximum atomic E-state index is 8.78. The fourth-order valence-electron chi connectivity index (χ4n) is 2.27. The molecule has 21 heavy (non-hydrogen) atoms. The molecule has 0 radical (unpaired) electrons. The van der Waals surface area contributed by atoms with Crippen LogP contribution in [0, 0.1) is 23.7 Å². The van der Waals surface area contributed by atoms with Crippen molar-refractivity contribution in [3.63, 3.8) is 0 Å². The van der Waals surface area contributed by atoms with Crippen LogP contribution in [0.25, 0.3) is 0 Å². The summed E-state index contributed by atoms with van der Waals surface area (Å²) in [4.78, 5) is 0. The number of anilines is 1. The molecular formula is C17H20N4. The SMILES string of the molecule is Cc1cccc(C(Nc2ccc(C#N)nn2)C(C)(C)C)c1. The Morgan fingerprint density at radius 3 is 2.43 bits per heavy atom. The summed E-state index contributed by atoms with van der Waals surface area (Å²) in [6.45, 7) is 8.64. The van der Waals surface area contributed by atoms with Crippen LogP contribution in [-0.2, 0) is 0 Å². The van der Waals surface area contributed by atoms with Gasteiger partial charge in [0.15, 0.2) is 5.69 Å². The molecule has 0 aliphatic rings. The molecule has 0 spiro atoms. The second-order valence-corrected chi connectivity index (χ2v) is 6.27. The summed E-state index contributed by atoms with van der Waals surface area (Å²) in [5, 5.41) is 20.1. The van der Waals surface area contributed by atoms with Gasteiger partial charge in [0.25, 0.3) is 0 Å². The Morgan fingerprint density at radius 2 is 1.90 bits per heavy atom.